The van der Waals surface area contributed by atoms with Crippen molar-refractivity contribution in [2.24, 2.45) is 7.05 Å². The summed E-state index contributed by atoms with van der Waals surface area (Å²) in [6, 6.07) is 1.37. The van der Waals surface area contributed by atoms with Gasteiger partial charge in [0.15, 0.2) is 11.5 Å². The van der Waals surface area contributed by atoms with Gasteiger partial charge < -0.3 is 4.74 Å². The maximum atomic E-state index is 13.3. The zero-order chi connectivity index (χ0) is 17.4. The maximum absolute atomic E-state index is 13.3. The van der Waals surface area contributed by atoms with Gasteiger partial charge in [0.1, 0.15) is 5.60 Å². The number of hydrogen-bond donors (Lipinski definition) is 1. The normalized spacial score (nSPS) is 12.3. The summed E-state index contributed by atoms with van der Waals surface area (Å²) in [5.74, 6) is -0.0166. The molecule has 10 heteroatoms. The number of alkyl halides is 3. The molecule has 0 saturated heterocycles. The van der Waals surface area contributed by atoms with Crippen LogP contribution in [0, 0.1) is 0 Å². The van der Waals surface area contributed by atoms with E-state index in [2.05, 4.69) is 15.5 Å². The lowest BCUT2D eigenvalue weighted by Crippen LogP contribution is -2.28. The quantitative estimate of drug-likeness (QED) is 0.918. The number of ether oxygens (including phenoxy) is 1. The monoisotopic (exact) mass is 331 g/mol. The van der Waals surface area contributed by atoms with E-state index in [1.807, 2.05) is 0 Å². The second-order valence-corrected chi connectivity index (χ2v) is 5.79. The third-order valence-electron chi connectivity index (χ3n) is 2.59. The van der Waals surface area contributed by atoms with Crippen molar-refractivity contribution in [3.63, 3.8) is 0 Å². The van der Waals surface area contributed by atoms with Crippen LogP contribution in [0.25, 0.3) is 5.82 Å². The number of halogens is 3. The van der Waals surface area contributed by atoms with Gasteiger partial charge in [0.25, 0.3) is 0 Å². The summed E-state index contributed by atoms with van der Waals surface area (Å²) < 4.78 is 46.9. The highest BCUT2D eigenvalue weighted by Crippen LogP contribution is 2.36. The van der Waals surface area contributed by atoms with Gasteiger partial charge in [-0.1, -0.05) is 0 Å². The van der Waals surface area contributed by atoms with Gasteiger partial charge >= 0.3 is 12.3 Å². The fourth-order valence-corrected chi connectivity index (χ4v) is 1.82. The van der Waals surface area contributed by atoms with Crippen molar-refractivity contribution < 1.29 is 22.7 Å². The Balaban J connectivity index is 2.38. The van der Waals surface area contributed by atoms with E-state index in [0.717, 1.165) is 6.20 Å². The van der Waals surface area contributed by atoms with Crippen molar-refractivity contribution in [3.05, 3.63) is 24.2 Å². The smallest absolute Gasteiger partial charge is 0.435 e. The molecule has 0 aliphatic carbocycles. The Kier molecular flexibility index (Phi) is 4.10. The molecular formula is C13H16F3N5O2. The van der Waals surface area contributed by atoms with Crippen LogP contribution in [0.4, 0.5) is 23.7 Å². The molecule has 0 spiro atoms. The molecule has 1 amide bonds. The first-order chi connectivity index (χ1) is 10.5. The van der Waals surface area contributed by atoms with Crippen LogP contribution in [-0.2, 0) is 18.0 Å². The minimum absolute atomic E-state index is 0.0166. The van der Waals surface area contributed by atoms with Crippen LogP contribution in [0.2, 0.25) is 0 Å². The largest absolute Gasteiger partial charge is 0.444 e. The van der Waals surface area contributed by atoms with Crippen molar-refractivity contribution in [1.82, 2.24) is 19.6 Å². The average molecular weight is 331 g/mol. The summed E-state index contributed by atoms with van der Waals surface area (Å²) in [6.07, 6.45) is -3.35. The first-order valence-electron chi connectivity index (χ1n) is 6.62. The van der Waals surface area contributed by atoms with Gasteiger partial charge in [0, 0.05) is 19.3 Å². The molecule has 2 heterocycles. The summed E-state index contributed by atoms with van der Waals surface area (Å²) in [4.78, 5) is 11.7. The molecule has 0 atom stereocenters. The van der Waals surface area contributed by atoms with Crippen LogP contribution in [0.1, 0.15) is 26.5 Å². The number of nitrogens with one attached hydrogen (secondary N) is 1. The van der Waals surface area contributed by atoms with Gasteiger partial charge in [-0.25, -0.2) is 9.48 Å². The van der Waals surface area contributed by atoms with Crippen LogP contribution in [-0.4, -0.2) is 31.3 Å². The zero-order valence-electron chi connectivity index (χ0n) is 13.0. The molecule has 23 heavy (non-hydrogen) atoms. The van der Waals surface area contributed by atoms with Crippen LogP contribution in [0.15, 0.2) is 18.5 Å². The van der Waals surface area contributed by atoms with Gasteiger partial charge in [-0.3, -0.25) is 10.00 Å². The van der Waals surface area contributed by atoms with Crippen LogP contribution in [0.3, 0.4) is 0 Å². The van der Waals surface area contributed by atoms with Crippen molar-refractivity contribution >= 4 is 11.8 Å². The minimum atomic E-state index is -4.74. The van der Waals surface area contributed by atoms with E-state index in [9.17, 15) is 18.0 Å². The summed E-state index contributed by atoms with van der Waals surface area (Å²) in [5, 5.41) is 9.62. The number of nitrogens with zero attached hydrogens (tertiary/aromatic N) is 4. The Labute approximate surface area is 130 Å². The predicted octanol–water partition coefficient (Wildman–Crippen LogP) is 2.97. The first-order valence-corrected chi connectivity index (χ1v) is 6.62. The Morgan fingerprint density at radius 1 is 1.30 bits per heavy atom. The van der Waals surface area contributed by atoms with E-state index in [4.69, 9.17) is 4.74 Å². The number of amides is 1. The van der Waals surface area contributed by atoms with E-state index in [1.165, 1.54) is 16.9 Å². The Morgan fingerprint density at radius 3 is 2.43 bits per heavy atom. The highest BCUT2D eigenvalue weighted by molar-refractivity contribution is 5.85. The molecule has 1 N–H and O–H groups in total. The number of aryl methyl sites for hydroxylation is 1. The molecule has 0 aliphatic rings. The van der Waals surface area contributed by atoms with Gasteiger partial charge in [-0.2, -0.15) is 23.4 Å². The highest BCUT2D eigenvalue weighted by Gasteiger charge is 2.40. The lowest BCUT2D eigenvalue weighted by Gasteiger charge is -2.20. The van der Waals surface area contributed by atoms with Gasteiger partial charge in [-0.15, -0.1) is 0 Å². The molecule has 0 radical (unpaired) electrons. The Bertz CT molecular complexity index is 712. The van der Waals surface area contributed by atoms with E-state index in [0.29, 0.717) is 4.68 Å². The second-order valence-electron chi connectivity index (χ2n) is 5.79. The summed E-state index contributed by atoms with van der Waals surface area (Å²) in [7, 11) is 1.57. The SMILES string of the molecule is Cn1ccc(-n2ncc(NC(=O)OC(C)(C)C)c2C(F)(F)F)n1. The molecule has 2 rings (SSSR count). The Hall–Kier alpha value is -2.52. The van der Waals surface area contributed by atoms with Gasteiger partial charge in [0.05, 0.1) is 11.9 Å². The van der Waals surface area contributed by atoms with Crippen molar-refractivity contribution in [3.8, 4) is 5.82 Å². The van der Waals surface area contributed by atoms with Gasteiger partial charge in [0.2, 0.25) is 0 Å². The first kappa shape index (κ1) is 16.8. The average Bonchev–Trinajstić information content (AvgIpc) is 2.91. The summed E-state index contributed by atoms with van der Waals surface area (Å²) >= 11 is 0. The molecule has 7 nitrogen and oxygen atoms in total. The molecule has 2 aromatic heterocycles. The van der Waals surface area contributed by atoms with E-state index in [1.54, 1.807) is 27.8 Å². The number of carbonyl (C=O) groups is 1. The van der Waals surface area contributed by atoms with Crippen molar-refractivity contribution in [1.29, 1.82) is 0 Å². The summed E-state index contributed by atoms with van der Waals surface area (Å²) in [5.41, 5.74) is -2.47. The van der Waals surface area contributed by atoms with E-state index >= 15 is 0 Å². The molecule has 126 valence electrons. The topological polar surface area (TPSA) is 74.0 Å². The minimum Gasteiger partial charge on any atom is -0.444 e. The lowest BCUT2D eigenvalue weighted by molar-refractivity contribution is -0.142. The molecule has 0 aliphatic heterocycles. The standard InChI is InChI=1S/C13H16F3N5O2/c1-12(2,3)23-11(22)18-8-7-17-21(10(8)13(14,15)16)9-5-6-20(4)19-9/h5-7H,1-4H3,(H,18,22). The summed E-state index contributed by atoms with van der Waals surface area (Å²) in [6.45, 7) is 4.82. The van der Waals surface area contributed by atoms with E-state index < -0.39 is 29.3 Å². The predicted molar refractivity (Wildman–Crippen MR) is 75.2 cm³/mol. The molecular weight excluding hydrogens is 315 g/mol. The van der Waals surface area contributed by atoms with Crippen molar-refractivity contribution in [2.75, 3.05) is 5.32 Å². The Morgan fingerprint density at radius 2 is 1.96 bits per heavy atom. The third-order valence-corrected chi connectivity index (χ3v) is 2.59. The number of anilines is 1. The molecule has 0 saturated carbocycles. The highest BCUT2D eigenvalue weighted by atomic mass is 19.4. The van der Waals surface area contributed by atoms with E-state index in [-0.39, 0.29) is 5.82 Å². The lowest BCUT2D eigenvalue weighted by atomic mass is 10.2. The van der Waals surface area contributed by atoms with Gasteiger partial charge in [-0.05, 0) is 20.8 Å². The van der Waals surface area contributed by atoms with Crippen LogP contribution >= 0.6 is 0 Å². The fourth-order valence-electron chi connectivity index (χ4n) is 1.82. The molecule has 0 fully saturated rings. The molecule has 2 aromatic rings. The van der Waals surface area contributed by atoms with Crippen LogP contribution in [0.5, 0.6) is 0 Å². The number of hydrogen-bond acceptors (Lipinski definition) is 4. The number of aromatic nitrogens is 4. The molecule has 0 aromatic carbocycles. The fraction of sp³-hybridized carbons (Fsp3) is 0.462. The molecule has 0 bridgehead atoms. The number of rotatable bonds is 2. The van der Waals surface area contributed by atoms with Crippen LogP contribution < -0.4 is 5.32 Å². The van der Waals surface area contributed by atoms with Crippen molar-refractivity contribution in [2.45, 2.75) is 32.5 Å². The number of carbonyl (C=O) groups excluding carboxylic acids is 1. The maximum Gasteiger partial charge on any atom is 0.435 e. The molecule has 0 unspecified atom stereocenters. The zero-order valence-corrected chi connectivity index (χ0v) is 13.0. The third kappa shape index (κ3) is 4.02. The second kappa shape index (κ2) is 5.60.